The van der Waals surface area contributed by atoms with Crippen molar-refractivity contribution in [2.75, 3.05) is 38.7 Å². The highest BCUT2D eigenvalue weighted by Crippen LogP contribution is 2.21. The van der Waals surface area contributed by atoms with E-state index in [1.807, 2.05) is 0 Å². The van der Waals surface area contributed by atoms with Crippen molar-refractivity contribution < 1.29 is 22.7 Å². The molecule has 3 heterocycles. The van der Waals surface area contributed by atoms with E-state index in [0.29, 0.717) is 43.6 Å². The highest BCUT2D eigenvalue weighted by Gasteiger charge is 2.26. The van der Waals surface area contributed by atoms with Crippen LogP contribution in [-0.2, 0) is 26.0 Å². The average molecular weight is 454 g/mol. The summed E-state index contributed by atoms with van der Waals surface area (Å²) in [6.07, 6.45) is 2.11. The lowest BCUT2D eigenvalue weighted by atomic mass is 10.1. The summed E-state index contributed by atoms with van der Waals surface area (Å²) in [5.41, 5.74) is 0.446. The van der Waals surface area contributed by atoms with Crippen LogP contribution < -0.4 is 0 Å². The van der Waals surface area contributed by atoms with E-state index in [0.717, 1.165) is 19.4 Å². The van der Waals surface area contributed by atoms with Gasteiger partial charge < -0.3 is 9.47 Å². The van der Waals surface area contributed by atoms with Gasteiger partial charge in [-0.15, -0.1) is 5.10 Å². The van der Waals surface area contributed by atoms with Crippen LogP contribution in [0.4, 0.5) is 0 Å². The molecule has 2 fully saturated rings. The maximum Gasteiger partial charge on any atom is 0.243 e. The van der Waals surface area contributed by atoms with Crippen molar-refractivity contribution in [3.63, 3.8) is 0 Å². The van der Waals surface area contributed by atoms with E-state index in [4.69, 9.17) is 9.47 Å². The summed E-state index contributed by atoms with van der Waals surface area (Å²) in [5.74, 6) is 0.0311. The van der Waals surface area contributed by atoms with E-state index in [1.165, 1.54) is 28.2 Å². The molecular weight excluding hydrogens is 430 g/mol. The highest BCUT2D eigenvalue weighted by molar-refractivity contribution is 7.99. The molecule has 1 atom stereocenters. The molecule has 0 bridgehead atoms. The zero-order chi connectivity index (χ0) is 21.0. The lowest BCUT2D eigenvalue weighted by molar-refractivity contribution is 0.0730. The molecule has 0 saturated carbocycles. The van der Waals surface area contributed by atoms with Gasteiger partial charge in [0.1, 0.15) is 0 Å². The molecule has 12 heteroatoms. The predicted octanol–water partition coefficient (Wildman–Crippen LogP) is 0.848. The number of carbonyl (C=O) groups is 1. The molecule has 0 unspecified atom stereocenters. The Kier molecular flexibility index (Phi) is 6.78. The summed E-state index contributed by atoms with van der Waals surface area (Å²) < 4.78 is 39.2. The minimum Gasteiger partial charge on any atom is -0.379 e. The van der Waals surface area contributed by atoms with Gasteiger partial charge in [-0.3, -0.25) is 4.79 Å². The number of thioether (sulfide) groups is 1. The van der Waals surface area contributed by atoms with Gasteiger partial charge in [-0.05, 0) is 35.4 Å². The van der Waals surface area contributed by atoms with Gasteiger partial charge in [-0.25, -0.2) is 13.1 Å². The fourth-order valence-electron chi connectivity index (χ4n) is 3.36. The molecule has 30 heavy (non-hydrogen) atoms. The fraction of sp³-hybridized carbons (Fsp3) is 0.556. The number of hydrogen-bond donors (Lipinski definition) is 0. The van der Waals surface area contributed by atoms with Gasteiger partial charge in [0.05, 0.1) is 36.5 Å². The maximum absolute atomic E-state index is 12.7. The van der Waals surface area contributed by atoms with Crippen molar-refractivity contribution >= 4 is 27.6 Å². The number of ketones is 1. The summed E-state index contributed by atoms with van der Waals surface area (Å²) >= 11 is 1.25. The molecular formula is C18H23N5O5S2. The van der Waals surface area contributed by atoms with Crippen LogP contribution in [0, 0.1) is 0 Å². The van der Waals surface area contributed by atoms with Gasteiger partial charge >= 0.3 is 0 Å². The van der Waals surface area contributed by atoms with E-state index in [2.05, 4.69) is 15.5 Å². The monoisotopic (exact) mass is 453 g/mol. The van der Waals surface area contributed by atoms with Crippen LogP contribution in [0.15, 0.2) is 34.3 Å². The molecule has 2 saturated heterocycles. The number of aromatic nitrogens is 4. The van der Waals surface area contributed by atoms with E-state index < -0.39 is 10.0 Å². The quantitative estimate of drug-likeness (QED) is 0.423. The zero-order valence-corrected chi connectivity index (χ0v) is 18.0. The van der Waals surface area contributed by atoms with Gasteiger partial charge in [0.25, 0.3) is 0 Å². The Labute approximate surface area is 179 Å². The van der Waals surface area contributed by atoms with Crippen molar-refractivity contribution in [1.29, 1.82) is 0 Å². The van der Waals surface area contributed by atoms with E-state index >= 15 is 0 Å². The SMILES string of the molecule is O=C(CSc1nnnn1C[C@@H]1CCCO1)c1ccc(S(=O)(=O)N2CCOCC2)cc1. The first kappa shape index (κ1) is 21.4. The van der Waals surface area contributed by atoms with E-state index in [1.54, 1.807) is 16.8 Å². The standard InChI is InChI=1S/C18H23N5O5S2/c24-17(13-29-18-19-20-21-23(18)12-15-2-1-9-28-15)14-3-5-16(6-4-14)30(25,26)22-7-10-27-11-8-22/h3-6,15H,1-2,7-13H2/t15-/m0/s1. The summed E-state index contributed by atoms with van der Waals surface area (Å²) in [4.78, 5) is 12.7. The summed E-state index contributed by atoms with van der Waals surface area (Å²) in [7, 11) is -3.57. The molecule has 1 aromatic carbocycles. The molecule has 0 spiro atoms. The largest absolute Gasteiger partial charge is 0.379 e. The smallest absolute Gasteiger partial charge is 0.243 e. The first-order chi connectivity index (χ1) is 14.5. The molecule has 2 aliphatic heterocycles. The van der Waals surface area contributed by atoms with Crippen molar-refractivity contribution in [2.45, 2.75) is 35.5 Å². The third kappa shape index (κ3) is 4.89. The van der Waals surface area contributed by atoms with Gasteiger partial charge in [-0.2, -0.15) is 4.31 Å². The minimum absolute atomic E-state index is 0.101. The van der Waals surface area contributed by atoms with Crippen molar-refractivity contribution in [3.05, 3.63) is 29.8 Å². The van der Waals surface area contributed by atoms with Crippen molar-refractivity contribution in [1.82, 2.24) is 24.5 Å². The predicted molar refractivity (Wildman–Crippen MR) is 108 cm³/mol. The number of nitrogens with zero attached hydrogens (tertiary/aromatic N) is 5. The van der Waals surface area contributed by atoms with Gasteiger partial charge in [0, 0.05) is 25.3 Å². The summed E-state index contributed by atoms with van der Waals surface area (Å²) in [6, 6.07) is 6.05. The molecule has 162 valence electrons. The second kappa shape index (κ2) is 9.52. The lowest BCUT2D eigenvalue weighted by Gasteiger charge is -2.26. The van der Waals surface area contributed by atoms with Crippen LogP contribution in [0.5, 0.6) is 0 Å². The molecule has 4 rings (SSSR count). The minimum atomic E-state index is -3.57. The number of Topliss-reactive ketones (excluding diaryl/α,β-unsaturated/α-hetero) is 1. The molecule has 1 aromatic heterocycles. The topological polar surface area (TPSA) is 117 Å². The first-order valence-corrected chi connectivity index (χ1v) is 12.2. The molecule has 0 N–H and O–H groups in total. The molecule has 2 aromatic rings. The van der Waals surface area contributed by atoms with Gasteiger partial charge in [0.15, 0.2) is 5.78 Å². The lowest BCUT2D eigenvalue weighted by Crippen LogP contribution is -2.40. The molecule has 10 nitrogen and oxygen atoms in total. The summed E-state index contributed by atoms with van der Waals surface area (Å²) in [5, 5.41) is 12.2. The Morgan fingerprint density at radius 3 is 2.63 bits per heavy atom. The third-order valence-electron chi connectivity index (χ3n) is 5.02. The first-order valence-electron chi connectivity index (χ1n) is 9.76. The molecule has 2 aliphatic rings. The normalized spacial score (nSPS) is 20.5. The Morgan fingerprint density at radius 2 is 1.93 bits per heavy atom. The average Bonchev–Trinajstić information content (AvgIpc) is 3.45. The molecule has 0 aliphatic carbocycles. The Morgan fingerprint density at radius 1 is 1.17 bits per heavy atom. The van der Waals surface area contributed by atoms with E-state index in [9.17, 15) is 13.2 Å². The van der Waals surface area contributed by atoms with Crippen LogP contribution in [-0.4, -0.2) is 83.5 Å². The Balaban J connectivity index is 1.36. The number of ether oxygens (including phenoxy) is 2. The number of morpholine rings is 1. The second-order valence-corrected chi connectivity index (χ2v) is 9.91. The number of rotatable bonds is 8. The van der Waals surface area contributed by atoms with Crippen LogP contribution in [0.1, 0.15) is 23.2 Å². The maximum atomic E-state index is 12.7. The van der Waals surface area contributed by atoms with Crippen LogP contribution in [0.25, 0.3) is 0 Å². The van der Waals surface area contributed by atoms with E-state index in [-0.39, 0.29) is 22.5 Å². The third-order valence-corrected chi connectivity index (χ3v) is 7.89. The Hall–Kier alpha value is -1.86. The molecule has 0 amide bonds. The highest BCUT2D eigenvalue weighted by atomic mass is 32.2. The number of hydrogen-bond acceptors (Lipinski definition) is 9. The molecule has 0 radical (unpaired) electrons. The van der Waals surface area contributed by atoms with Crippen LogP contribution in [0.2, 0.25) is 0 Å². The Bertz CT molecular complexity index is 967. The number of carbonyl (C=O) groups excluding carboxylic acids is 1. The van der Waals surface area contributed by atoms with Gasteiger partial charge in [-0.1, -0.05) is 23.9 Å². The van der Waals surface area contributed by atoms with Gasteiger partial charge in [0.2, 0.25) is 15.2 Å². The van der Waals surface area contributed by atoms with Crippen molar-refractivity contribution in [2.24, 2.45) is 0 Å². The summed E-state index contributed by atoms with van der Waals surface area (Å²) in [6.45, 7) is 2.77. The van der Waals surface area contributed by atoms with Crippen LogP contribution in [0.3, 0.4) is 0 Å². The van der Waals surface area contributed by atoms with Crippen molar-refractivity contribution in [3.8, 4) is 0 Å². The number of sulfonamides is 1. The van der Waals surface area contributed by atoms with Crippen LogP contribution >= 0.6 is 11.8 Å². The number of tetrazole rings is 1. The second-order valence-electron chi connectivity index (χ2n) is 7.03. The fourth-order valence-corrected chi connectivity index (χ4v) is 5.55. The zero-order valence-electron chi connectivity index (χ0n) is 16.3. The number of benzene rings is 1.